The predicted molar refractivity (Wildman–Crippen MR) is 108 cm³/mol. The number of aromatic amines is 1. The molecule has 2 bridgehead atoms. The van der Waals surface area contributed by atoms with Gasteiger partial charge in [0.25, 0.3) is 0 Å². The maximum Gasteiger partial charge on any atom is 0.498 e. The highest BCUT2D eigenvalue weighted by Crippen LogP contribution is 2.64. The molecule has 2 aliphatic carbocycles. The Morgan fingerprint density at radius 2 is 2.13 bits per heavy atom. The molecule has 30 heavy (non-hydrogen) atoms. The molecule has 2 heterocycles. The van der Waals surface area contributed by atoms with Gasteiger partial charge in [-0.05, 0) is 24.2 Å². The summed E-state index contributed by atoms with van der Waals surface area (Å²) >= 11 is 1.41. The van der Waals surface area contributed by atoms with Crippen LogP contribution < -0.4 is 16.0 Å². The van der Waals surface area contributed by atoms with E-state index in [9.17, 15) is 22.6 Å². The second-order valence-corrected chi connectivity index (χ2v) is 11.3. The molecule has 0 spiro atoms. The number of ether oxygens (including phenoxy) is 1. The van der Waals surface area contributed by atoms with Crippen molar-refractivity contribution in [2.75, 3.05) is 24.7 Å². The van der Waals surface area contributed by atoms with Gasteiger partial charge >= 0.3 is 5.69 Å². The van der Waals surface area contributed by atoms with Crippen molar-refractivity contribution in [1.29, 1.82) is 0 Å². The van der Waals surface area contributed by atoms with Gasteiger partial charge in [-0.3, -0.25) is 4.79 Å². The van der Waals surface area contributed by atoms with Crippen LogP contribution in [0.4, 0.5) is 5.82 Å². The molecule has 10 nitrogen and oxygen atoms in total. The van der Waals surface area contributed by atoms with Gasteiger partial charge in [0.15, 0.2) is 11.2 Å². The smallest absolute Gasteiger partial charge is 0.498 e. The van der Waals surface area contributed by atoms with Gasteiger partial charge in [-0.2, -0.15) is 14.3 Å². The van der Waals surface area contributed by atoms with Crippen LogP contribution in [0.5, 0.6) is 0 Å². The Bertz CT molecular complexity index is 978. The first-order valence-electron chi connectivity index (χ1n) is 9.64. The number of hydrogen-bond acceptors (Lipinski definition) is 9. The number of nitrogens with two attached hydrogens (primary N) is 1. The first-order valence-corrected chi connectivity index (χ1v) is 12.2. The molecule has 12 heteroatoms. The Morgan fingerprint density at radius 1 is 1.43 bits per heavy atom. The first kappa shape index (κ1) is 23.2. The summed E-state index contributed by atoms with van der Waals surface area (Å²) in [6, 6.07) is 1.62. The number of aliphatic hydroxyl groups excluding tert-OH is 1. The van der Waals surface area contributed by atoms with Crippen LogP contribution in [0.3, 0.4) is 0 Å². The quantitative estimate of drug-likeness (QED) is 0.405. The van der Waals surface area contributed by atoms with Crippen LogP contribution >= 0.6 is 11.8 Å². The fourth-order valence-electron chi connectivity index (χ4n) is 4.78. The lowest BCUT2D eigenvalue weighted by Gasteiger charge is -2.37. The number of nitrogens with zero attached hydrogens (tertiary/aromatic N) is 1. The lowest BCUT2D eigenvalue weighted by Crippen LogP contribution is -2.53. The number of carbonyl (C=O) groups is 1. The summed E-state index contributed by atoms with van der Waals surface area (Å²) < 4.78 is 39.5. The summed E-state index contributed by atoms with van der Waals surface area (Å²) in [5.74, 6) is 0.0521. The average molecular weight is 462 g/mol. The third-order valence-corrected chi connectivity index (χ3v) is 8.77. The molecular formula is C18H27N3O7S2. The highest BCUT2D eigenvalue weighted by atomic mass is 32.2. The molecule has 1 saturated heterocycles. The topological polar surface area (TPSA) is 166 Å². The molecule has 3 aliphatic rings. The Morgan fingerprint density at radius 3 is 2.60 bits per heavy atom. The number of rotatable bonds is 4. The average Bonchev–Trinajstić information content (AvgIpc) is 3.24. The Balaban J connectivity index is 0.000000171. The molecule has 2 saturated carbocycles. The van der Waals surface area contributed by atoms with E-state index in [0.29, 0.717) is 25.3 Å². The largest absolute Gasteiger partial charge is 0.748 e. The van der Waals surface area contributed by atoms with Crippen molar-refractivity contribution < 1.29 is 32.2 Å². The Labute approximate surface area is 179 Å². The molecule has 4 N–H and O–H groups in total. The van der Waals surface area contributed by atoms with E-state index in [4.69, 9.17) is 15.6 Å². The molecule has 0 amide bonds. The number of anilines is 1. The van der Waals surface area contributed by atoms with Crippen molar-refractivity contribution >= 4 is 33.5 Å². The molecule has 0 radical (unpaired) electrons. The third kappa shape index (κ3) is 4.28. The second-order valence-electron chi connectivity index (χ2n) is 8.51. The van der Waals surface area contributed by atoms with Gasteiger partial charge in [-0.25, -0.2) is 8.42 Å². The standard InChI is InChI=1S/C10H16O4S.C8H11N3O3S/c1-9(2)7-3-4-10(9,8(11)5-7)6-15(12,13)14;9-5-1-2-11(8(13)10-5)6-4-14-7(3-12)15-6/h7H,3-6H2,1-2H3,(H,12,13,14);1-2,6-7,12H,3-4H2,(H2,9,10,13)/t7?,10-;6-,7-/m01/s1. The van der Waals surface area contributed by atoms with Crippen molar-refractivity contribution in [2.45, 2.75) is 43.9 Å². The minimum absolute atomic E-state index is 0.0248. The molecule has 3 fully saturated rings. The lowest BCUT2D eigenvalue weighted by molar-refractivity contribution is -0.716. The van der Waals surface area contributed by atoms with Gasteiger partial charge in [-0.1, -0.05) is 25.6 Å². The molecule has 4 rings (SSSR count). The second kappa shape index (κ2) is 8.23. The summed E-state index contributed by atoms with van der Waals surface area (Å²) in [6.07, 6.45) is 3.50. The van der Waals surface area contributed by atoms with E-state index in [1.807, 2.05) is 13.8 Å². The van der Waals surface area contributed by atoms with Crippen LogP contribution in [0.25, 0.3) is 0 Å². The van der Waals surface area contributed by atoms with E-state index in [2.05, 4.69) is 4.98 Å². The molecule has 1 aromatic rings. The van der Waals surface area contributed by atoms with E-state index < -0.39 is 21.3 Å². The van der Waals surface area contributed by atoms with Crippen molar-refractivity contribution in [1.82, 2.24) is 4.98 Å². The molecule has 4 atom stereocenters. The van der Waals surface area contributed by atoms with Crippen LogP contribution in [0.15, 0.2) is 17.1 Å². The van der Waals surface area contributed by atoms with Crippen molar-refractivity contribution in [3.05, 3.63) is 22.7 Å². The monoisotopic (exact) mass is 461 g/mol. The van der Waals surface area contributed by atoms with Crippen LogP contribution in [0, 0.1) is 16.7 Å². The Kier molecular flexibility index (Phi) is 6.36. The molecular weight excluding hydrogens is 434 g/mol. The van der Waals surface area contributed by atoms with Crippen LogP contribution in [-0.4, -0.2) is 53.2 Å². The zero-order chi connectivity index (χ0) is 22.3. The number of aromatic nitrogens is 2. The minimum atomic E-state index is -4.33. The number of carbonyl (C=O) groups excluding carboxylic acids is 1. The number of nitrogen functional groups attached to an aromatic ring is 1. The van der Waals surface area contributed by atoms with Gasteiger partial charge in [0.05, 0.1) is 29.1 Å². The number of fused-ring (bicyclic) bond motifs is 2. The van der Waals surface area contributed by atoms with Crippen LogP contribution in [-0.2, 0) is 19.6 Å². The molecule has 1 aliphatic heterocycles. The van der Waals surface area contributed by atoms with Crippen LogP contribution in [0.2, 0.25) is 0 Å². The fourth-order valence-corrected chi connectivity index (χ4v) is 7.11. The summed E-state index contributed by atoms with van der Waals surface area (Å²) in [5.41, 5.74) is 3.69. The van der Waals surface area contributed by atoms with Gasteiger partial charge < -0.3 is 20.1 Å². The van der Waals surface area contributed by atoms with Gasteiger partial charge in [0.2, 0.25) is 0 Å². The summed E-state index contributed by atoms with van der Waals surface area (Å²) in [5, 5.41) is 8.78. The summed E-state index contributed by atoms with van der Waals surface area (Å²) in [7, 11) is -4.33. The van der Waals surface area contributed by atoms with Crippen molar-refractivity contribution in [3.8, 4) is 0 Å². The third-order valence-electron chi connectivity index (χ3n) is 6.66. The molecule has 0 aromatic carbocycles. The summed E-state index contributed by atoms with van der Waals surface area (Å²) in [4.78, 5) is 25.9. The molecule has 1 aromatic heterocycles. The number of aliphatic hydroxyl groups is 1. The highest BCUT2D eigenvalue weighted by Gasteiger charge is 2.64. The van der Waals surface area contributed by atoms with E-state index in [1.165, 1.54) is 16.3 Å². The van der Waals surface area contributed by atoms with Gasteiger partial charge in [0, 0.05) is 17.9 Å². The number of hydrogen-bond donors (Lipinski definition) is 3. The van der Waals surface area contributed by atoms with E-state index in [0.717, 1.165) is 6.42 Å². The van der Waals surface area contributed by atoms with Gasteiger partial charge in [0.1, 0.15) is 17.4 Å². The molecule has 168 valence electrons. The van der Waals surface area contributed by atoms with Crippen molar-refractivity contribution in [3.63, 3.8) is 0 Å². The SMILES string of the molecule is CC1(C)C2CC[C@]1(CS(=O)(=O)[O-])C(=O)C2.Nc1cc[n+]([C@H]2CO[C@@H](CO)S2)c(=O)[nH]1. The van der Waals surface area contributed by atoms with Gasteiger partial charge in [-0.15, -0.1) is 0 Å². The lowest BCUT2D eigenvalue weighted by atomic mass is 9.70. The van der Waals surface area contributed by atoms with E-state index in [1.54, 1.807) is 12.3 Å². The zero-order valence-electron chi connectivity index (χ0n) is 16.9. The normalized spacial score (nSPS) is 32.1. The number of thioether (sulfide) groups is 1. The number of H-pyrrole nitrogens is 1. The zero-order valence-corrected chi connectivity index (χ0v) is 18.5. The van der Waals surface area contributed by atoms with Crippen LogP contribution in [0.1, 0.15) is 38.5 Å². The maximum absolute atomic E-state index is 11.8. The number of nitrogens with one attached hydrogen (secondary N) is 1. The van der Waals surface area contributed by atoms with E-state index >= 15 is 0 Å². The highest BCUT2D eigenvalue weighted by molar-refractivity contribution is 7.99. The summed E-state index contributed by atoms with van der Waals surface area (Å²) in [6.45, 7) is 4.20. The number of ketones is 1. The first-order chi connectivity index (χ1) is 13.9. The van der Waals surface area contributed by atoms with E-state index in [-0.39, 0.29) is 40.2 Å². The maximum atomic E-state index is 11.8. The minimum Gasteiger partial charge on any atom is -0.748 e. The number of Topliss-reactive ketones (excluding diaryl/α,β-unsaturated/α-hetero) is 1. The Hall–Kier alpha value is -1.47. The van der Waals surface area contributed by atoms with Crippen molar-refractivity contribution in [2.24, 2.45) is 16.7 Å². The predicted octanol–water partition coefficient (Wildman–Crippen LogP) is -0.248. The molecule has 1 unspecified atom stereocenters. The fraction of sp³-hybridized carbons (Fsp3) is 0.722.